The van der Waals surface area contributed by atoms with Crippen LogP contribution in [0.4, 0.5) is 22.0 Å². The molecule has 1 saturated heterocycles. The van der Waals surface area contributed by atoms with Gasteiger partial charge in [0.1, 0.15) is 6.04 Å². The molecule has 0 aromatic heterocycles. The summed E-state index contributed by atoms with van der Waals surface area (Å²) in [7, 11) is 0. The van der Waals surface area contributed by atoms with Gasteiger partial charge in [0.25, 0.3) is 0 Å². The number of amides is 2. The number of hydrogen-bond donors (Lipinski definition) is 1. The van der Waals surface area contributed by atoms with Gasteiger partial charge in [-0.15, -0.1) is 0 Å². The van der Waals surface area contributed by atoms with Crippen molar-refractivity contribution in [3.63, 3.8) is 0 Å². The van der Waals surface area contributed by atoms with E-state index in [1.165, 1.54) is 10.2 Å². The zero-order valence-corrected chi connectivity index (χ0v) is 10.1. The van der Waals surface area contributed by atoms with Crippen molar-refractivity contribution in [3.8, 4) is 0 Å². The van der Waals surface area contributed by atoms with Gasteiger partial charge in [-0.1, -0.05) is 0 Å². The van der Waals surface area contributed by atoms with Crippen molar-refractivity contribution in [1.82, 2.24) is 10.2 Å². The minimum absolute atomic E-state index is 0.411. The molecular formula is C10H13F5N2O2. The molecule has 4 nitrogen and oxygen atoms in total. The predicted molar refractivity (Wildman–Crippen MR) is 54.4 cm³/mol. The molecule has 0 saturated carbocycles. The van der Waals surface area contributed by atoms with Crippen LogP contribution in [0.3, 0.4) is 0 Å². The van der Waals surface area contributed by atoms with Gasteiger partial charge >= 0.3 is 18.0 Å². The van der Waals surface area contributed by atoms with E-state index in [1.54, 1.807) is 0 Å². The summed E-state index contributed by atoms with van der Waals surface area (Å²) < 4.78 is 61.1. The molecule has 9 heteroatoms. The van der Waals surface area contributed by atoms with Gasteiger partial charge in [-0.3, -0.25) is 9.59 Å². The van der Waals surface area contributed by atoms with Crippen LogP contribution in [-0.2, 0) is 9.59 Å². The first kappa shape index (κ1) is 15.6. The molecule has 0 aromatic rings. The van der Waals surface area contributed by atoms with Gasteiger partial charge in [0.2, 0.25) is 5.91 Å². The third-order valence-corrected chi connectivity index (χ3v) is 2.78. The van der Waals surface area contributed by atoms with Crippen molar-refractivity contribution in [3.05, 3.63) is 0 Å². The normalized spacial score (nSPS) is 18.3. The third kappa shape index (κ3) is 3.32. The molecule has 19 heavy (non-hydrogen) atoms. The van der Waals surface area contributed by atoms with E-state index in [0.717, 1.165) is 19.8 Å². The summed E-state index contributed by atoms with van der Waals surface area (Å²) in [6, 6.07) is -1.42. The Kier molecular flexibility index (Phi) is 4.36. The van der Waals surface area contributed by atoms with Crippen LogP contribution in [0.1, 0.15) is 19.8 Å². The first-order chi connectivity index (χ1) is 8.57. The molecule has 0 radical (unpaired) electrons. The summed E-state index contributed by atoms with van der Waals surface area (Å²) in [6.07, 6.45) is -4.50. The Morgan fingerprint density at radius 2 is 1.58 bits per heavy atom. The number of alkyl halides is 5. The fourth-order valence-electron chi connectivity index (χ4n) is 1.69. The lowest BCUT2D eigenvalue weighted by Crippen LogP contribution is -2.55. The van der Waals surface area contributed by atoms with E-state index in [1.807, 2.05) is 0 Å². The van der Waals surface area contributed by atoms with Crippen LogP contribution < -0.4 is 5.32 Å². The number of rotatable bonds is 3. The van der Waals surface area contributed by atoms with Gasteiger partial charge in [0.15, 0.2) is 0 Å². The first-order valence-electron chi connectivity index (χ1n) is 5.61. The Morgan fingerprint density at radius 1 is 1.11 bits per heavy atom. The molecular weight excluding hydrogens is 275 g/mol. The number of carbonyl (C=O) groups is 2. The SMILES string of the molecule is CC(NC(=O)C(F)(F)C(F)(F)F)C(=O)N1CCCC1. The molecule has 1 atom stereocenters. The highest BCUT2D eigenvalue weighted by molar-refractivity contribution is 5.90. The molecule has 1 aliphatic rings. The molecule has 110 valence electrons. The van der Waals surface area contributed by atoms with Gasteiger partial charge in [0.05, 0.1) is 0 Å². The Bertz CT molecular complexity index is 363. The Hall–Kier alpha value is -1.41. The molecule has 1 fully saturated rings. The molecule has 1 rings (SSSR count). The number of likely N-dealkylation sites (tertiary alicyclic amines) is 1. The van der Waals surface area contributed by atoms with Crippen LogP contribution in [0.15, 0.2) is 0 Å². The summed E-state index contributed by atoms with van der Waals surface area (Å²) in [5.41, 5.74) is 0. The summed E-state index contributed by atoms with van der Waals surface area (Å²) in [5.74, 6) is -8.68. The van der Waals surface area contributed by atoms with Gasteiger partial charge in [-0.05, 0) is 19.8 Å². The fourth-order valence-corrected chi connectivity index (χ4v) is 1.69. The molecule has 2 amide bonds. The molecule has 1 N–H and O–H groups in total. The average Bonchev–Trinajstić information content (AvgIpc) is 2.79. The largest absolute Gasteiger partial charge is 0.463 e. The molecule has 0 aromatic carbocycles. The number of nitrogens with one attached hydrogen (secondary N) is 1. The van der Waals surface area contributed by atoms with Crippen molar-refractivity contribution in [2.75, 3.05) is 13.1 Å². The topological polar surface area (TPSA) is 49.4 Å². The zero-order valence-electron chi connectivity index (χ0n) is 10.1. The molecule has 1 unspecified atom stereocenters. The smallest absolute Gasteiger partial charge is 0.341 e. The number of hydrogen-bond acceptors (Lipinski definition) is 2. The number of nitrogens with zero attached hydrogens (tertiary/aromatic N) is 1. The fraction of sp³-hybridized carbons (Fsp3) is 0.800. The van der Waals surface area contributed by atoms with Crippen molar-refractivity contribution in [2.24, 2.45) is 0 Å². The monoisotopic (exact) mass is 288 g/mol. The Labute approximate surface area is 105 Å². The van der Waals surface area contributed by atoms with Crippen LogP contribution in [0.25, 0.3) is 0 Å². The van der Waals surface area contributed by atoms with Crippen LogP contribution in [0, 0.1) is 0 Å². The van der Waals surface area contributed by atoms with Crippen LogP contribution in [0.5, 0.6) is 0 Å². The highest BCUT2D eigenvalue weighted by Gasteiger charge is 2.63. The Balaban J connectivity index is 2.63. The first-order valence-corrected chi connectivity index (χ1v) is 5.61. The van der Waals surface area contributed by atoms with E-state index in [2.05, 4.69) is 0 Å². The second-order valence-corrected chi connectivity index (χ2v) is 4.30. The lowest BCUT2D eigenvalue weighted by Gasteiger charge is -2.24. The molecule has 0 bridgehead atoms. The summed E-state index contributed by atoms with van der Waals surface area (Å²) in [5, 5.41) is 1.40. The predicted octanol–water partition coefficient (Wildman–Crippen LogP) is 1.31. The Morgan fingerprint density at radius 3 is 2.00 bits per heavy atom. The molecule has 0 aliphatic carbocycles. The molecule has 1 heterocycles. The van der Waals surface area contributed by atoms with Crippen molar-refractivity contribution in [2.45, 2.75) is 37.9 Å². The minimum atomic E-state index is -5.98. The van der Waals surface area contributed by atoms with E-state index < -0.39 is 30.0 Å². The highest BCUT2D eigenvalue weighted by Crippen LogP contribution is 2.35. The van der Waals surface area contributed by atoms with Crippen molar-refractivity contribution in [1.29, 1.82) is 0 Å². The van der Waals surface area contributed by atoms with E-state index in [-0.39, 0.29) is 0 Å². The second-order valence-electron chi connectivity index (χ2n) is 4.30. The van der Waals surface area contributed by atoms with Gasteiger partial charge in [-0.2, -0.15) is 22.0 Å². The van der Waals surface area contributed by atoms with Crippen LogP contribution in [-0.4, -0.2) is 47.9 Å². The number of carbonyl (C=O) groups excluding carboxylic acids is 2. The van der Waals surface area contributed by atoms with Crippen LogP contribution >= 0.6 is 0 Å². The van der Waals surface area contributed by atoms with Crippen LogP contribution in [0.2, 0.25) is 0 Å². The summed E-state index contributed by atoms with van der Waals surface area (Å²) >= 11 is 0. The van der Waals surface area contributed by atoms with E-state index in [0.29, 0.717) is 13.1 Å². The average molecular weight is 288 g/mol. The third-order valence-electron chi connectivity index (χ3n) is 2.78. The summed E-state index contributed by atoms with van der Waals surface area (Å²) in [4.78, 5) is 23.8. The van der Waals surface area contributed by atoms with Crippen molar-refractivity contribution >= 4 is 11.8 Å². The maximum atomic E-state index is 12.7. The maximum absolute atomic E-state index is 12.7. The van der Waals surface area contributed by atoms with Gasteiger partial charge < -0.3 is 10.2 Å². The maximum Gasteiger partial charge on any atom is 0.463 e. The summed E-state index contributed by atoms with van der Waals surface area (Å²) in [6.45, 7) is 1.90. The van der Waals surface area contributed by atoms with Gasteiger partial charge in [-0.25, -0.2) is 0 Å². The lowest BCUT2D eigenvalue weighted by atomic mass is 10.2. The second kappa shape index (κ2) is 5.30. The molecule has 0 spiro atoms. The number of halogens is 5. The lowest BCUT2D eigenvalue weighted by molar-refractivity contribution is -0.270. The van der Waals surface area contributed by atoms with Gasteiger partial charge in [0, 0.05) is 13.1 Å². The quantitative estimate of drug-likeness (QED) is 0.796. The van der Waals surface area contributed by atoms with E-state index in [4.69, 9.17) is 0 Å². The zero-order chi connectivity index (χ0) is 14.8. The molecule has 1 aliphatic heterocycles. The minimum Gasteiger partial charge on any atom is -0.341 e. The van der Waals surface area contributed by atoms with E-state index in [9.17, 15) is 31.5 Å². The standard InChI is InChI=1S/C10H13F5N2O2/c1-6(7(18)17-4-2-3-5-17)16-8(19)9(11,12)10(13,14)15/h6H,2-5H2,1H3,(H,16,19). The van der Waals surface area contributed by atoms with E-state index >= 15 is 0 Å². The van der Waals surface area contributed by atoms with Crippen molar-refractivity contribution < 1.29 is 31.5 Å². The highest BCUT2D eigenvalue weighted by atomic mass is 19.4.